The first-order valence-corrected chi connectivity index (χ1v) is 5.91. The number of nitrogens with two attached hydrogens (primary N) is 1. The lowest BCUT2D eigenvalue weighted by atomic mass is 10.1. The van der Waals surface area contributed by atoms with Gasteiger partial charge in [-0.05, 0) is 13.0 Å². The first kappa shape index (κ1) is 13.8. The Kier molecular flexibility index (Phi) is 5.80. The van der Waals surface area contributed by atoms with Gasteiger partial charge in [0.15, 0.2) is 11.5 Å². The van der Waals surface area contributed by atoms with Crippen molar-refractivity contribution >= 4 is 0 Å². The number of rotatable bonds is 7. The second kappa shape index (κ2) is 7.14. The van der Waals surface area contributed by atoms with Crippen molar-refractivity contribution < 1.29 is 14.6 Å². The molecule has 0 radical (unpaired) electrons. The molecule has 4 nitrogen and oxygen atoms in total. The van der Waals surface area contributed by atoms with Gasteiger partial charge in [0.25, 0.3) is 0 Å². The van der Waals surface area contributed by atoms with E-state index in [1.807, 2.05) is 32.0 Å². The summed E-state index contributed by atoms with van der Waals surface area (Å²) in [4.78, 5) is 0. The average Bonchev–Trinajstić information content (AvgIpc) is 2.36. The Morgan fingerprint density at radius 3 is 2.71 bits per heavy atom. The monoisotopic (exact) mass is 239 g/mol. The molecular weight excluding hydrogens is 218 g/mol. The summed E-state index contributed by atoms with van der Waals surface area (Å²) in [6.07, 6.45) is 0. The van der Waals surface area contributed by atoms with Crippen molar-refractivity contribution in [1.29, 1.82) is 0 Å². The maximum atomic E-state index is 8.98. The molecule has 1 rings (SSSR count). The summed E-state index contributed by atoms with van der Waals surface area (Å²) in [5.41, 5.74) is 6.59. The topological polar surface area (TPSA) is 64.7 Å². The molecule has 4 heteroatoms. The van der Waals surface area contributed by atoms with E-state index in [-0.39, 0.29) is 12.5 Å². The minimum atomic E-state index is 0.0929. The molecule has 0 aliphatic rings. The van der Waals surface area contributed by atoms with Gasteiger partial charge in [0.05, 0.1) is 13.2 Å². The van der Waals surface area contributed by atoms with Crippen LogP contribution in [0.1, 0.15) is 19.4 Å². The lowest BCUT2D eigenvalue weighted by molar-refractivity contribution is 0.169. The van der Waals surface area contributed by atoms with E-state index in [1.54, 1.807) is 0 Å². The molecule has 0 saturated carbocycles. The molecule has 0 heterocycles. The van der Waals surface area contributed by atoms with E-state index in [9.17, 15) is 0 Å². The molecule has 0 aliphatic heterocycles. The van der Waals surface area contributed by atoms with Crippen LogP contribution in [0.3, 0.4) is 0 Å². The smallest absolute Gasteiger partial charge is 0.165 e. The Morgan fingerprint density at radius 1 is 1.35 bits per heavy atom. The fourth-order valence-electron chi connectivity index (χ4n) is 1.43. The van der Waals surface area contributed by atoms with E-state index >= 15 is 0 Å². The zero-order chi connectivity index (χ0) is 12.7. The fraction of sp³-hybridized carbons (Fsp3) is 0.538. The number of para-hydroxylation sites is 1. The predicted octanol–water partition coefficient (Wildman–Crippen LogP) is 1.55. The first-order chi connectivity index (χ1) is 8.22. The van der Waals surface area contributed by atoms with Crippen LogP contribution < -0.4 is 15.2 Å². The molecular formula is C13H21NO3. The number of hydrogen-bond donors (Lipinski definition) is 2. The van der Waals surface area contributed by atoms with Gasteiger partial charge in [-0.25, -0.2) is 0 Å². The second-order valence-corrected chi connectivity index (χ2v) is 3.98. The van der Waals surface area contributed by atoms with Gasteiger partial charge in [0, 0.05) is 24.6 Å². The molecule has 0 aliphatic carbocycles. The van der Waals surface area contributed by atoms with Crippen LogP contribution in [0.25, 0.3) is 0 Å². The van der Waals surface area contributed by atoms with Crippen LogP contribution in [0.2, 0.25) is 0 Å². The molecule has 0 fully saturated rings. The fourth-order valence-corrected chi connectivity index (χ4v) is 1.43. The normalized spacial score (nSPS) is 12.2. The Labute approximate surface area is 102 Å². The van der Waals surface area contributed by atoms with Gasteiger partial charge in [0.1, 0.15) is 0 Å². The molecule has 1 aromatic carbocycles. The van der Waals surface area contributed by atoms with Gasteiger partial charge in [-0.1, -0.05) is 19.1 Å². The molecule has 0 aromatic heterocycles. The molecule has 1 atom stereocenters. The van der Waals surface area contributed by atoms with Crippen LogP contribution in [0.15, 0.2) is 18.2 Å². The Balaban J connectivity index is 2.84. The van der Waals surface area contributed by atoms with Crippen LogP contribution in [0.5, 0.6) is 11.5 Å². The standard InChI is InChI=1S/C13H21NO3/c1-3-16-12-6-4-5-11(7-14)13(12)17-9-10(2)8-15/h4-6,10,15H,3,7-9,14H2,1-2H3. The minimum absolute atomic E-state index is 0.0929. The quantitative estimate of drug-likeness (QED) is 0.757. The highest BCUT2D eigenvalue weighted by Crippen LogP contribution is 2.31. The van der Waals surface area contributed by atoms with Crippen LogP contribution >= 0.6 is 0 Å². The third-order valence-corrected chi connectivity index (χ3v) is 2.40. The summed E-state index contributed by atoms with van der Waals surface area (Å²) < 4.78 is 11.2. The third-order valence-electron chi connectivity index (χ3n) is 2.40. The van der Waals surface area contributed by atoms with Crippen molar-refractivity contribution in [2.45, 2.75) is 20.4 Å². The number of ether oxygens (including phenoxy) is 2. The Bertz CT molecular complexity index is 341. The van der Waals surface area contributed by atoms with E-state index < -0.39 is 0 Å². The van der Waals surface area contributed by atoms with E-state index in [2.05, 4.69) is 0 Å². The molecule has 96 valence electrons. The number of aliphatic hydroxyl groups is 1. The number of hydrogen-bond acceptors (Lipinski definition) is 4. The highest BCUT2D eigenvalue weighted by atomic mass is 16.5. The van der Waals surface area contributed by atoms with Crippen molar-refractivity contribution in [3.8, 4) is 11.5 Å². The highest BCUT2D eigenvalue weighted by molar-refractivity contribution is 5.46. The van der Waals surface area contributed by atoms with Gasteiger partial charge >= 0.3 is 0 Å². The van der Waals surface area contributed by atoms with Crippen LogP contribution in [-0.4, -0.2) is 24.9 Å². The molecule has 0 bridgehead atoms. The van der Waals surface area contributed by atoms with Crippen LogP contribution in [0, 0.1) is 5.92 Å². The van der Waals surface area contributed by atoms with Gasteiger partial charge in [0.2, 0.25) is 0 Å². The molecule has 1 aromatic rings. The van der Waals surface area contributed by atoms with E-state index in [4.69, 9.17) is 20.3 Å². The summed E-state index contributed by atoms with van der Waals surface area (Å²) in [6.45, 7) is 5.40. The zero-order valence-electron chi connectivity index (χ0n) is 10.5. The predicted molar refractivity (Wildman–Crippen MR) is 67.2 cm³/mol. The van der Waals surface area contributed by atoms with Crippen LogP contribution in [0.4, 0.5) is 0 Å². The van der Waals surface area contributed by atoms with E-state index in [0.717, 1.165) is 5.56 Å². The molecule has 17 heavy (non-hydrogen) atoms. The summed E-state index contributed by atoms with van der Waals surface area (Å²) in [6, 6.07) is 5.68. The lowest BCUT2D eigenvalue weighted by Gasteiger charge is -2.17. The maximum Gasteiger partial charge on any atom is 0.165 e. The molecule has 3 N–H and O–H groups in total. The van der Waals surface area contributed by atoms with Gasteiger partial charge < -0.3 is 20.3 Å². The van der Waals surface area contributed by atoms with Crippen molar-refractivity contribution in [3.63, 3.8) is 0 Å². The molecule has 1 unspecified atom stereocenters. The molecule has 0 saturated heterocycles. The molecule has 0 spiro atoms. The number of benzene rings is 1. The Hall–Kier alpha value is -1.26. The number of aliphatic hydroxyl groups excluding tert-OH is 1. The van der Waals surface area contributed by atoms with Gasteiger partial charge in [-0.15, -0.1) is 0 Å². The first-order valence-electron chi connectivity index (χ1n) is 5.91. The van der Waals surface area contributed by atoms with E-state index in [0.29, 0.717) is 31.3 Å². The molecule has 0 amide bonds. The zero-order valence-corrected chi connectivity index (χ0v) is 10.5. The summed E-state index contributed by atoms with van der Waals surface area (Å²) in [5.74, 6) is 1.49. The third kappa shape index (κ3) is 3.91. The summed E-state index contributed by atoms with van der Waals surface area (Å²) in [7, 11) is 0. The van der Waals surface area contributed by atoms with Gasteiger partial charge in [-0.2, -0.15) is 0 Å². The summed E-state index contributed by atoms with van der Waals surface area (Å²) in [5, 5.41) is 8.98. The Morgan fingerprint density at radius 2 is 2.12 bits per heavy atom. The highest BCUT2D eigenvalue weighted by Gasteiger charge is 2.11. The lowest BCUT2D eigenvalue weighted by Crippen LogP contribution is -2.14. The van der Waals surface area contributed by atoms with Gasteiger partial charge in [-0.3, -0.25) is 0 Å². The van der Waals surface area contributed by atoms with E-state index in [1.165, 1.54) is 0 Å². The maximum absolute atomic E-state index is 8.98. The average molecular weight is 239 g/mol. The van der Waals surface area contributed by atoms with Crippen molar-refractivity contribution in [1.82, 2.24) is 0 Å². The van der Waals surface area contributed by atoms with Crippen molar-refractivity contribution in [2.75, 3.05) is 19.8 Å². The second-order valence-electron chi connectivity index (χ2n) is 3.98. The summed E-state index contributed by atoms with van der Waals surface area (Å²) >= 11 is 0. The van der Waals surface area contributed by atoms with Crippen LogP contribution in [-0.2, 0) is 6.54 Å². The SMILES string of the molecule is CCOc1cccc(CN)c1OCC(C)CO. The van der Waals surface area contributed by atoms with Crippen molar-refractivity contribution in [3.05, 3.63) is 23.8 Å². The minimum Gasteiger partial charge on any atom is -0.490 e. The largest absolute Gasteiger partial charge is 0.490 e. The van der Waals surface area contributed by atoms with Crippen molar-refractivity contribution in [2.24, 2.45) is 11.7 Å².